The minimum absolute atomic E-state index is 0.0327. The fraction of sp³-hybridized carbons (Fsp3) is 0.273. The minimum Gasteiger partial charge on any atom is -0.293 e. The molecular formula is C11H11NOS3. The lowest BCUT2D eigenvalue weighted by Gasteiger charge is -2.09. The topological polar surface area (TPSA) is 20.3 Å². The van der Waals surface area contributed by atoms with Gasteiger partial charge in [0.2, 0.25) is 0 Å². The maximum absolute atomic E-state index is 11.9. The Kier molecular flexibility index (Phi) is 3.47. The van der Waals surface area contributed by atoms with Crippen LogP contribution in [0.2, 0.25) is 0 Å². The molecule has 0 unspecified atom stereocenters. The van der Waals surface area contributed by atoms with Crippen molar-refractivity contribution < 1.29 is 4.79 Å². The highest BCUT2D eigenvalue weighted by molar-refractivity contribution is 8.26. The first-order chi connectivity index (χ1) is 7.63. The van der Waals surface area contributed by atoms with Crippen molar-refractivity contribution in [2.24, 2.45) is 0 Å². The van der Waals surface area contributed by atoms with Crippen LogP contribution >= 0.6 is 35.3 Å². The summed E-state index contributed by atoms with van der Waals surface area (Å²) < 4.78 is 0.660. The van der Waals surface area contributed by atoms with Gasteiger partial charge in [0.1, 0.15) is 4.32 Å². The largest absolute Gasteiger partial charge is 0.293 e. The van der Waals surface area contributed by atoms with E-state index in [2.05, 4.69) is 6.07 Å². The number of thioether (sulfide) groups is 1. The zero-order valence-electron chi connectivity index (χ0n) is 9.02. The molecule has 5 heteroatoms. The van der Waals surface area contributed by atoms with Crippen molar-refractivity contribution in [3.63, 3.8) is 0 Å². The number of amides is 1. The van der Waals surface area contributed by atoms with Crippen molar-refractivity contribution in [2.45, 2.75) is 13.8 Å². The van der Waals surface area contributed by atoms with E-state index in [9.17, 15) is 4.79 Å². The van der Waals surface area contributed by atoms with E-state index >= 15 is 0 Å². The monoisotopic (exact) mass is 269 g/mol. The van der Waals surface area contributed by atoms with E-state index in [0.717, 1.165) is 9.78 Å². The fourth-order valence-corrected chi connectivity index (χ4v) is 3.72. The maximum Gasteiger partial charge on any atom is 0.266 e. The Morgan fingerprint density at radius 1 is 1.56 bits per heavy atom. The van der Waals surface area contributed by atoms with Crippen LogP contribution in [0.1, 0.15) is 17.4 Å². The number of nitrogens with zero attached hydrogens (tertiary/aromatic N) is 1. The summed E-state index contributed by atoms with van der Waals surface area (Å²) in [7, 11) is 0. The Balaban J connectivity index is 2.31. The molecule has 16 heavy (non-hydrogen) atoms. The molecule has 1 fully saturated rings. The van der Waals surface area contributed by atoms with Gasteiger partial charge in [0, 0.05) is 11.4 Å². The Bertz CT molecular complexity index is 475. The average Bonchev–Trinajstić information content (AvgIpc) is 2.74. The molecule has 1 amide bonds. The molecule has 1 aromatic rings. The predicted octanol–water partition coefficient (Wildman–Crippen LogP) is 3.28. The first-order valence-electron chi connectivity index (χ1n) is 4.93. The number of likely N-dealkylation sites (N-methyl/N-ethyl adjacent to an activating group) is 1. The molecule has 1 saturated heterocycles. The van der Waals surface area contributed by atoms with E-state index in [1.807, 2.05) is 25.3 Å². The van der Waals surface area contributed by atoms with Crippen LogP contribution < -0.4 is 0 Å². The third-order valence-electron chi connectivity index (χ3n) is 2.35. The highest BCUT2D eigenvalue weighted by atomic mass is 32.2. The molecule has 84 valence electrons. The molecule has 0 spiro atoms. The molecule has 2 heterocycles. The van der Waals surface area contributed by atoms with Crippen LogP contribution in [0, 0.1) is 6.92 Å². The van der Waals surface area contributed by atoms with Crippen molar-refractivity contribution in [1.29, 1.82) is 0 Å². The first-order valence-corrected chi connectivity index (χ1v) is 7.03. The van der Waals surface area contributed by atoms with Gasteiger partial charge in [-0.3, -0.25) is 9.69 Å². The number of carbonyl (C=O) groups is 1. The Hall–Kier alpha value is -0.650. The van der Waals surface area contributed by atoms with Crippen molar-refractivity contribution in [2.75, 3.05) is 6.54 Å². The molecule has 0 radical (unpaired) electrons. The number of hydrogen-bond donors (Lipinski definition) is 0. The van der Waals surface area contributed by atoms with Crippen LogP contribution in [0.15, 0.2) is 16.4 Å². The molecule has 0 aromatic carbocycles. The second-order valence-electron chi connectivity index (χ2n) is 3.39. The van der Waals surface area contributed by atoms with E-state index < -0.39 is 0 Å². The Morgan fingerprint density at radius 2 is 2.31 bits per heavy atom. The summed E-state index contributed by atoms with van der Waals surface area (Å²) in [6.45, 7) is 4.62. The van der Waals surface area contributed by atoms with Crippen LogP contribution in [0.5, 0.6) is 0 Å². The average molecular weight is 269 g/mol. The van der Waals surface area contributed by atoms with Gasteiger partial charge in [-0.2, -0.15) is 0 Å². The third-order valence-corrected chi connectivity index (χ3v) is 4.70. The lowest BCUT2D eigenvalue weighted by molar-refractivity contribution is -0.121. The van der Waals surface area contributed by atoms with Crippen LogP contribution in [0.25, 0.3) is 6.08 Å². The number of aryl methyl sites for hydroxylation is 1. The van der Waals surface area contributed by atoms with Crippen LogP contribution in [0.3, 0.4) is 0 Å². The number of thiocarbonyl (C=S) groups is 1. The van der Waals surface area contributed by atoms with Crippen molar-refractivity contribution >= 4 is 51.6 Å². The van der Waals surface area contributed by atoms with Gasteiger partial charge in [-0.1, -0.05) is 24.0 Å². The van der Waals surface area contributed by atoms with Crippen molar-refractivity contribution in [1.82, 2.24) is 4.90 Å². The van der Waals surface area contributed by atoms with E-state index in [1.54, 1.807) is 16.2 Å². The lowest BCUT2D eigenvalue weighted by Crippen LogP contribution is -2.27. The molecule has 1 aliphatic heterocycles. The summed E-state index contributed by atoms with van der Waals surface area (Å²) in [5.74, 6) is 0.0327. The van der Waals surface area contributed by atoms with Gasteiger partial charge in [0.15, 0.2) is 0 Å². The van der Waals surface area contributed by atoms with Gasteiger partial charge in [-0.05, 0) is 36.9 Å². The molecule has 0 bridgehead atoms. The van der Waals surface area contributed by atoms with Crippen molar-refractivity contribution in [3.05, 3.63) is 26.8 Å². The van der Waals surface area contributed by atoms with Crippen LogP contribution in [-0.4, -0.2) is 21.7 Å². The van der Waals surface area contributed by atoms with E-state index in [-0.39, 0.29) is 5.91 Å². The number of rotatable bonds is 2. The molecule has 2 nitrogen and oxygen atoms in total. The molecule has 0 aliphatic carbocycles. The van der Waals surface area contributed by atoms with Gasteiger partial charge >= 0.3 is 0 Å². The quantitative estimate of drug-likeness (QED) is 0.607. The highest BCUT2D eigenvalue weighted by Crippen LogP contribution is 2.33. The summed E-state index contributed by atoms with van der Waals surface area (Å²) in [4.78, 5) is 15.4. The Morgan fingerprint density at radius 3 is 2.81 bits per heavy atom. The molecule has 1 aromatic heterocycles. The molecule has 0 N–H and O–H groups in total. The predicted molar refractivity (Wildman–Crippen MR) is 74.6 cm³/mol. The van der Waals surface area contributed by atoms with Gasteiger partial charge < -0.3 is 0 Å². The zero-order valence-corrected chi connectivity index (χ0v) is 11.5. The smallest absolute Gasteiger partial charge is 0.266 e. The molecule has 0 atom stereocenters. The third kappa shape index (κ3) is 2.07. The summed E-state index contributed by atoms with van der Waals surface area (Å²) in [6.07, 6.45) is 1.94. The normalized spacial score (nSPS) is 18.9. The molecule has 1 aliphatic rings. The lowest BCUT2D eigenvalue weighted by atomic mass is 10.2. The summed E-state index contributed by atoms with van der Waals surface area (Å²) >= 11 is 8.19. The maximum atomic E-state index is 11.9. The number of carbonyl (C=O) groups excluding carboxylic acids is 1. The second kappa shape index (κ2) is 4.69. The zero-order chi connectivity index (χ0) is 11.7. The van der Waals surface area contributed by atoms with Gasteiger partial charge in [-0.25, -0.2) is 0 Å². The summed E-state index contributed by atoms with van der Waals surface area (Å²) in [5.41, 5.74) is 1.20. The fourth-order valence-electron chi connectivity index (χ4n) is 1.42. The molecule has 2 rings (SSSR count). The minimum atomic E-state index is 0.0327. The Labute approximate surface area is 108 Å². The number of thiophene rings is 1. The molecular weight excluding hydrogens is 258 g/mol. The second-order valence-corrected chi connectivity index (χ2v) is 6.02. The van der Waals surface area contributed by atoms with Crippen LogP contribution in [0.4, 0.5) is 0 Å². The highest BCUT2D eigenvalue weighted by Gasteiger charge is 2.30. The van der Waals surface area contributed by atoms with E-state index in [0.29, 0.717) is 10.9 Å². The van der Waals surface area contributed by atoms with Gasteiger partial charge in [0.05, 0.1) is 4.91 Å². The standard InChI is InChI=1S/C11H11NOS3/c1-3-12-10(13)9(16-11(12)14)6-8-7(2)4-5-15-8/h4-6H,3H2,1-2H3/b9-6+. The first kappa shape index (κ1) is 11.8. The van der Waals surface area contributed by atoms with Gasteiger partial charge in [-0.15, -0.1) is 11.3 Å². The van der Waals surface area contributed by atoms with Crippen molar-refractivity contribution in [3.8, 4) is 0 Å². The SMILES string of the molecule is CCN1C(=O)/C(=C\c2sccc2C)SC1=S. The van der Waals surface area contributed by atoms with E-state index in [4.69, 9.17) is 12.2 Å². The van der Waals surface area contributed by atoms with Gasteiger partial charge in [0.25, 0.3) is 5.91 Å². The number of hydrogen-bond acceptors (Lipinski definition) is 4. The summed E-state index contributed by atoms with van der Waals surface area (Å²) in [6, 6.07) is 2.05. The van der Waals surface area contributed by atoms with E-state index in [1.165, 1.54) is 17.3 Å². The molecule has 0 saturated carbocycles. The van der Waals surface area contributed by atoms with Crippen LogP contribution in [-0.2, 0) is 4.79 Å². The summed E-state index contributed by atoms with van der Waals surface area (Å²) in [5, 5.41) is 2.03.